The third-order valence-electron chi connectivity index (χ3n) is 3.06. The average molecular weight is 270 g/mol. The topological polar surface area (TPSA) is 21.3 Å². The van der Waals surface area contributed by atoms with Crippen molar-refractivity contribution in [1.29, 1.82) is 0 Å². The van der Waals surface area contributed by atoms with E-state index in [1.54, 1.807) is 7.11 Å². The summed E-state index contributed by atoms with van der Waals surface area (Å²) in [7, 11) is 1.76. The summed E-state index contributed by atoms with van der Waals surface area (Å²) in [5.41, 5.74) is 1.23. The number of benzene rings is 1. The molecule has 1 aromatic carbocycles. The van der Waals surface area contributed by atoms with Crippen LogP contribution in [0, 0.1) is 5.92 Å². The van der Waals surface area contributed by atoms with Crippen molar-refractivity contribution in [2.45, 2.75) is 26.2 Å². The molecule has 0 heterocycles. The first-order chi connectivity index (χ1) is 8.77. The van der Waals surface area contributed by atoms with Crippen LogP contribution in [0.4, 0.5) is 0 Å². The standard InChI is InChI=1S/C15H24ClNO/c1-3-9-17-12-13(8-10-18-2)11-14-6-4-5-7-15(14)16/h4-7,13,17H,3,8-12H2,1-2H3. The fraction of sp³-hybridized carbons (Fsp3) is 0.600. The summed E-state index contributed by atoms with van der Waals surface area (Å²) in [6.45, 7) is 5.10. The van der Waals surface area contributed by atoms with Crippen LogP contribution >= 0.6 is 11.6 Å². The van der Waals surface area contributed by atoms with Gasteiger partial charge in [-0.15, -0.1) is 0 Å². The second-order valence-electron chi connectivity index (χ2n) is 4.65. The van der Waals surface area contributed by atoms with Crippen LogP contribution in [0.15, 0.2) is 24.3 Å². The van der Waals surface area contributed by atoms with Gasteiger partial charge in [-0.3, -0.25) is 0 Å². The van der Waals surface area contributed by atoms with Crippen LogP contribution in [0.1, 0.15) is 25.3 Å². The van der Waals surface area contributed by atoms with Crippen molar-refractivity contribution in [2.24, 2.45) is 5.92 Å². The van der Waals surface area contributed by atoms with E-state index in [1.165, 1.54) is 12.0 Å². The van der Waals surface area contributed by atoms with Crippen LogP contribution in [0.2, 0.25) is 5.02 Å². The highest BCUT2D eigenvalue weighted by Crippen LogP contribution is 2.20. The van der Waals surface area contributed by atoms with Crippen molar-refractivity contribution in [3.05, 3.63) is 34.9 Å². The van der Waals surface area contributed by atoms with E-state index >= 15 is 0 Å². The highest BCUT2D eigenvalue weighted by molar-refractivity contribution is 6.31. The number of nitrogens with one attached hydrogen (secondary N) is 1. The Morgan fingerprint density at radius 2 is 2.11 bits per heavy atom. The van der Waals surface area contributed by atoms with Gasteiger partial charge in [0.1, 0.15) is 0 Å². The average Bonchev–Trinajstić information content (AvgIpc) is 2.38. The van der Waals surface area contributed by atoms with Gasteiger partial charge in [0.2, 0.25) is 0 Å². The molecular formula is C15H24ClNO. The van der Waals surface area contributed by atoms with E-state index in [-0.39, 0.29) is 0 Å². The van der Waals surface area contributed by atoms with Crippen molar-refractivity contribution in [2.75, 3.05) is 26.8 Å². The molecule has 0 aliphatic heterocycles. The molecule has 18 heavy (non-hydrogen) atoms. The Bertz CT molecular complexity index is 330. The largest absolute Gasteiger partial charge is 0.385 e. The van der Waals surface area contributed by atoms with Crippen molar-refractivity contribution < 1.29 is 4.74 Å². The third-order valence-corrected chi connectivity index (χ3v) is 3.43. The van der Waals surface area contributed by atoms with Crippen LogP contribution in [0.5, 0.6) is 0 Å². The highest BCUT2D eigenvalue weighted by atomic mass is 35.5. The molecule has 1 unspecified atom stereocenters. The lowest BCUT2D eigenvalue weighted by Gasteiger charge is -2.18. The number of methoxy groups -OCH3 is 1. The summed E-state index contributed by atoms with van der Waals surface area (Å²) in [5, 5.41) is 4.36. The smallest absolute Gasteiger partial charge is 0.0465 e. The number of hydrogen-bond donors (Lipinski definition) is 1. The molecule has 102 valence electrons. The van der Waals surface area contributed by atoms with Crippen LogP contribution in [0.25, 0.3) is 0 Å². The fourth-order valence-corrected chi connectivity index (χ4v) is 2.23. The van der Waals surface area contributed by atoms with E-state index in [1.807, 2.05) is 18.2 Å². The third kappa shape index (κ3) is 5.85. The van der Waals surface area contributed by atoms with Crippen molar-refractivity contribution >= 4 is 11.6 Å². The molecule has 2 nitrogen and oxygen atoms in total. The molecule has 0 aromatic heterocycles. The lowest BCUT2D eigenvalue weighted by Crippen LogP contribution is -2.26. The summed E-state index contributed by atoms with van der Waals surface area (Å²) in [4.78, 5) is 0. The molecule has 0 radical (unpaired) electrons. The van der Waals surface area contributed by atoms with Crippen LogP contribution in [0.3, 0.4) is 0 Å². The summed E-state index contributed by atoms with van der Waals surface area (Å²) >= 11 is 6.21. The SMILES string of the molecule is CCCNCC(CCOC)Cc1ccccc1Cl. The first-order valence-corrected chi connectivity index (χ1v) is 7.08. The summed E-state index contributed by atoms with van der Waals surface area (Å²) < 4.78 is 5.19. The maximum atomic E-state index is 6.21. The lowest BCUT2D eigenvalue weighted by atomic mass is 9.96. The Morgan fingerprint density at radius 3 is 2.78 bits per heavy atom. The van der Waals surface area contributed by atoms with E-state index in [0.29, 0.717) is 5.92 Å². The van der Waals surface area contributed by atoms with Gasteiger partial charge in [0, 0.05) is 18.7 Å². The minimum absolute atomic E-state index is 0.580. The summed E-state index contributed by atoms with van der Waals surface area (Å²) in [6.07, 6.45) is 3.25. The minimum atomic E-state index is 0.580. The van der Waals surface area contributed by atoms with Gasteiger partial charge < -0.3 is 10.1 Å². The normalized spacial score (nSPS) is 12.6. The molecule has 3 heteroatoms. The predicted molar refractivity (Wildman–Crippen MR) is 78.3 cm³/mol. The van der Waals surface area contributed by atoms with E-state index in [4.69, 9.17) is 16.3 Å². The molecule has 0 amide bonds. The molecule has 0 aliphatic rings. The Morgan fingerprint density at radius 1 is 1.33 bits per heavy atom. The van der Waals surface area contributed by atoms with Gasteiger partial charge in [-0.1, -0.05) is 36.7 Å². The molecular weight excluding hydrogens is 246 g/mol. The van der Waals surface area contributed by atoms with E-state index in [0.717, 1.165) is 37.6 Å². The number of rotatable bonds is 9. The maximum absolute atomic E-state index is 6.21. The predicted octanol–water partition coefficient (Wildman–Crippen LogP) is 3.53. The molecule has 0 spiro atoms. The zero-order valence-electron chi connectivity index (χ0n) is 11.4. The molecule has 1 atom stereocenters. The Labute approximate surface area is 116 Å². The molecule has 0 aliphatic carbocycles. The minimum Gasteiger partial charge on any atom is -0.385 e. The molecule has 1 rings (SSSR count). The Hall–Kier alpha value is -0.570. The van der Waals surface area contributed by atoms with Crippen LogP contribution in [-0.2, 0) is 11.2 Å². The van der Waals surface area contributed by atoms with Gasteiger partial charge in [-0.2, -0.15) is 0 Å². The Kier molecular flexibility index (Phi) is 8.06. The van der Waals surface area contributed by atoms with E-state index < -0.39 is 0 Å². The van der Waals surface area contributed by atoms with Gasteiger partial charge >= 0.3 is 0 Å². The zero-order chi connectivity index (χ0) is 13.2. The summed E-state index contributed by atoms with van der Waals surface area (Å²) in [6, 6.07) is 8.10. The summed E-state index contributed by atoms with van der Waals surface area (Å²) in [5.74, 6) is 0.580. The lowest BCUT2D eigenvalue weighted by molar-refractivity contribution is 0.176. The number of hydrogen-bond acceptors (Lipinski definition) is 2. The molecule has 0 saturated carbocycles. The fourth-order valence-electron chi connectivity index (χ4n) is 2.02. The molecule has 1 N–H and O–H groups in total. The first-order valence-electron chi connectivity index (χ1n) is 6.71. The molecule has 0 fully saturated rings. The second kappa shape index (κ2) is 9.37. The first kappa shape index (κ1) is 15.5. The van der Waals surface area contributed by atoms with Crippen LogP contribution < -0.4 is 5.32 Å². The maximum Gasteiger partial charge on any atom is 0.0465 e. The van der Waals surface area contributed by atoms with Crippen molar-refractivity contribution in [3.8, 4) is 0 Å². The second-order valence-corrected chi connectivity index (χ2v) is 5.05. The monoisotopic (exact) mass is 269 g/mol. The quantitative estimate of drug-likeness (QED) is 0.693. The van der Waals surface area contributed by atoms with Crippen LogP contribution in [-0.4, -0.2) is 26.8 Å². The van der Waals surface area contributed by atoms with E-state index in [2.05, 4.69) is 18.3 Å². The zero-order valence-corrected chi connectivity index (χ0v) is 12.2. The highest BCUT2D eigenvalue weighted by Gasteiger charge is 2.11. The van der Waals surface area contributed by atoms with E-state index in [9.17, 15) is 0 Å². The van der Waals surface area contributed by atoms with Gasteiger partial charge in [-0.25, -0.2) is 0 Å². The van der Waals surface area contributed by atoms with Gasteiger partial charge in [-0.05, 0) is 49.9 Å². The molecule has 0 saturated heterocycles. The van der Waals surface area contributed by atoms with Crippen molar-refractivity contribution in [3.63, 3.8) is 0 Å². The van der Waals surface area contributed by atoms with Gasteiger partial charge in [0.25, 0.3) is 0 Å². The van der Waals surface area contributed by atoms with Gasteiger partial charge in [0.15, 0.2) is 0 Å². The molecule has 1 aromatic rings. The van der Waals surface area contributed by atoms with Crippen molar-refractivity contribution in [1.82, 2.24) is 5.32 Å². The number of ether oxygens (including phenoxy) is 1. The molecule has 0 bridgehead atoms. The Balaban J connectivity index is 2.51. The van der Waals surface area contributed by atoms with Gasteiger partial charge in [0.05, 0.1) is 0 Å². The number of halogens is 1.